The predicted octanol–water partition coefficient (Wildman–Crippen LogP) is 3.92. The van der Waals surface area contributed by atoms with Gasteiger partial charge in [0.1, 0.15) is 0 Å². The molecule has 27 heavy (non-hydrogen) atoms. The van der Waals surface area contributed by atoms with Gasteiger partial charge >= 0.3 is 6.18 Å². The number of amides is 1. The fourth-order valence-corrected chi connectivity index (χ4v) is 3.60. The normalized spacial score (nSPS) is 12.7. The van der Waals surface area contributed by atoms with Gasteiger partial charge < -0.3 is 5.32 Å². The second-order valence-electron chi connectivity index (χ2n) is 5.52. The summed E-state index contributed by atoms with van der Waals surface area (Å²) in [4.78, 5) is 13.4. The molecule has 3 rings (SSSR count). The summed E-state index contributed by atoms with van der Waals surface area (Å²) in [6.45, 7) is 2.18. The summed E-state index contributed by atoms with van der Waals surface area (Å²) in [5.41, 5.74) is -0.477. The van der Waals surface area contributed by atoms with Gasteiger partial charge in [-0.15, -0.1) is 16.4 Å². The van der Waals surface area contributed by atoms with Crippen LogP contribution in [-0.2, 0) is 17.5 Å². The van der Waals surface area contributed by atoms with Crippen molar-refractivity contribution in [3.63, 3.8) is 0 Å². The lowest BCUT2D eigenvalue weighted by Gasteiger charge is -2.12. The first-order valence-corrected chi connectivity index (χ1v) is 9.52. The number of aromatic nitrogens is 4. The first kappa shape index (κ1) is 19.4. The number of alkyl halides is 3. The lowest BCUT2D eigenvalue weighted by atomic mass is 10.2. The molecule has 1 aromatic carbocycles. The van der Waals surface area contributed by atoms with Crippen molar-refractivity contribution in [3.8, 4) is 0 Å². The van der Waals surface area contributed by atoms with E-state index in [9.17, 15) is 18.0 Å². The van der Waals surface area contributed by atoms with Crippen LogP contribution < -0.4 is 5.32 Å². The molecule has 1 atom stereocenters. The molecule has 1 N–H and O–H groups in total. The highest BCUT2D eigenvalue weighted by molar-refractivity contribution is 8.00. The van der Waals surface area contributed by atoms with E-state index in [-0.39, 0.29) is 5.91 Å². The van der Waals surface area contributed by atoms with E-state index in [0.29, 0.717) is 17.4 Å². The summed E-state index contributed by atoms with van der Waals surface area (Å²) in [5, 5.41) is 16.0. The van der Waals surface area contributed by atoms with Gasteiger partial charge in [0.25, 0.3) is 0 Å². The lowest BCUT2D eigenvalue weighted by molar-refractivity contribution is -0.137. The zero-order valence-corrected chi connectivity index (χ0v) is 15.6. The van der Waals surface area contributed by atoms with Crippen LogP contribution >= 0.6 is 23.1 Å². The number of hydrogen-bond donors (Lipinski definition) is 1. The molecule has 0 bridgehead atoms. The Bertz CT molecular complexity index is 894. The van der Waals surface area contributed by atoms with E-state index >= 15 is 0 Å². The Kier molecular flexibility index (Phi) is 5.80. The molecular weight excluding hydrogens is 399 g/mol. The number of thioether (sulfide) groups is 1. The number of nitrogens with one attached hydrogen (secondary N) is 1. The predicted molar refractivity (Wildman–Crippen MR) is 96.6 cm³/mol. The van der Waals surface area contributed by atoms with Crippen molar-refractivity contribution in [2.45, 2.75) is 30.1 Å². The van der Waals surface area contributed by atoms with Crippen LogP contribution in [0.15, 0.2) is 46.9 Å². The summed E-state index contributed by atoms with van der Waals surface area (Å²) in [6.07, 6.45) is -4.41. The van der Waals surface area contributed by atoms with E-state index in [1.807, 2.05) is 17.5 Å². The van der Waals surface area contributed by atoms with E-state index < -0.39 is 17.0 Å². The molecular formula is C16H14F3N5OS2. The second-order valence-corrected chi connectivity index (χ2v) is 7.86. The summed E-state index contributed by atoms with van der Waals surface area (Å²) in [6, 6.07) is 8.18. The van der Waals surface area contributed by atoms with Crippen LogP contribution in [0, 0.1) is 0 Å². The molecule has 142 valence electrons. The highest BCUT2D eigenvalue weighted by atomic mass is 32.2. The average molecular weight is 413 g/mol. The van der Waals surface area contributed by atoms with Crippen LogP contribution in [0.2, 0.25) is 0 Å². The molecule has 0 aliphatic heterocycles. The second kappa shape index (κ2) is 8.09. The standard InChI is InChI=1S/C16H14F3N5OS2/c1-10(14(25)20-12-6-4-11(5-7-12)16(17,18)19)27-15-21-22-23-24(15)9-13-3-2-8-26-13/h2-8,10H,9H2,1H3,(H,20,25)/t10-/m0/s1. The number of tetrazole rings is 1. The van der Waals surface area contributed by atoms with Crippen molar-refractivity contribution < 1.29 is 18.0 Å². The third-order valence-electron chi connectivity index (χ3n) is 3.52. The zero-order valence-electron chi connectivity index (χ0n) is 14.0. The van der Waals surface area contributed by atoms with Crippen molar-refractivity contribution in [3.05, 3.63) is 52.2 Å². The number of halogens is 3. The molecule has 0 unspecified atom stereocenters. The molecule has 2 heterocycles. The number of carbonyl (C=O) groups excluding carboxylic acids is 1. The Balaban J connectivity index is 1.61. The molecule has 0 radical (unpaired) electrons. The molecule has 0 aliphatic carbocycles. The topological polar surface area (TPSA) is 72.7 Å². The monoisotopic (exact) mass is 413 g/mol. The quantitative estimate of drug-likeness (QED) is 0.620. The van der Waals surface area contributed by atoms with E-state index in [4.69, 9.17) is 0 Å². The van der Waals surface area contributed by atoms with Crippen LogP contribution in [0.1, 0.15) is 17.4 Å². The number of benzene rings is 1. The molecule has 0 spiro atoms. The summed E-state index contributed by atoms with van der Waals surface area (Å²) in [5.74, 6) is -0.356. The van der Waals surface area contributed by atoms with Crippen LogP contribution in [-0.4, -0.2) is 31.4 Å². The molecule has 6 nitrogen and oxygen atoms in total. The van der Waals surface area contributed by atoms with Crippen molar-refractivity contribution in [2.24, 2.45) is 0 Å². The summed E-state index contributed by atoms with van der Waals surface area (Å²) < 4.78 is 39.3. The van der Waals surface area contributed by atoms with Crippen molar-refractivity contribution >= 4 is 34.7 Å². The van der Waals surface area contributed by atoms with Gasteiger partial charge in [0.2, 0.25) is 11.1 Å². The minimum atomic E-state index is -4.41. The first-order chi connectivity index (χ1) is 12.8. The van der Waals surface area contributed by atoms with Crippen LogP contribution in [0.3, 0.4) is 0 Å². The Morgan fingerprint density at radius 3 is 2.67 bits per heavy atom. The number of carbonyl (C=O) groups is 1. The molecule has 11 heteroatoms. The van der Waals surface area contributed by atoms with Crippen molar-refractivity contribution in [2.75, 3.05) is 5.32 Å². The smallest absolute Gasteiger partial charge is 0.325 e. The van der Waals surface area contributed by atoms with Crippen molar-refractivity contribution in [1.82, 2.24) is 20.2 Å². The van der Waals surface area contributed by atoms with Gasteiger partial charge in [-0.05, 0) is 53.1 Å². The minimum absolute atomic E-state index is 0.290. The molecule has 0 saturated heterocycles. The van der Waals surface area contributed by atoms with Gasteiger partial charge in [0.05, 0.1) is 17.4 Å². The number of rotatable bonds is 6. The molecule has 0 fully saturated rings. The number of hydrogen-bond acceptors (Lipinski definition) is 6. The van der Waals surface area contributed by atoms with Crippen LogP contribution in [0.5, 0.6) is 0 Å². The number of nitrogens with zero attached hydrogens (tertiary/aromatic N) is 4. The van der Waals surface area contributed by atoms with Gasteiger partial charge in [0, 0.05) is 10.6 Å². The average Bonchev–Trinajstić information content (AvgIpc) is 3.27. The van der Waals surface area contributed by atoms with E-state index in [1.165, 1.54) is 23.9 Å². The fraction of sp³-hybridized carbons (Fsp3) is 0.250. The summed E-state index contributed by atoms with van der Waals surface area (Å²) in [7, 11) is 0. The van der Waals surface area contributed by atoms with E-state index in [0.717, 1.165) is 17.0 Å². The minimum Gasteiger partial charge on any atom is -0.325 e. The Morgan fingerprint density at radius 2 is 2.04 bits per heavy atom. The molecule has 2 aromatic heterocycles. The van der Waals surface area contributed by atoms with Gasteiger partial charge in [-0.2, -0.15) is 13.2 Å². The first-order valence-electron chi connectivity index (χ1n) is 7.76. The van der Waals surface area contributed by atoms with E-state index in [1.54, 1.807) is 22.9 Å². The van der Waals surface area contributed by atoms with Crippen molar-refractivity contribution in [1.29, 1.82) is 0 Å². The highest BCUT2D eigenvalue weighted by Crippen LogP contribution is 2.30. The highest BCUT2D eigenvalue weighted by Gasteiger charge is 2.30. The SMILES string of the molecule is C[C@H](Sc1nnnn1Cc1cccs1)C(=O)Nc1ccc(C(F)(F)F)cc1. The number of anilines is 1. The molecule has 3 aromatic rings. The molecule has 0 saturated carbocycles. The number of thiophene rings is 1. The molecule has 1 amide bonds. The molecule has 0 aliphatic rings. The van der Waals surface area contributed by atoms with E-state index in [2.05, 4.69) is 20.8 Å². The lowest BCUT2D eigenvalue weighted by Crippen LogP contribution is -2.23. The maximum Gasteiger partial charge on any atom is 0.416 e. The maximum atomic E-state index is 12.6. The Morgan fingerprint density at radius 1 is 1.30 bits per heavy atom. The third-order valence-corrected chi connectivity index (χ3v) is 5.45. The van der Waals surface area contributed by atoms with Gasteiger partial charge in [0.15, 0.2) is 0 Å². The van der Waals surface area contributed by atoms with Gasteiger partial charge in [-0.25, -0.2) is 4.68 Å². The van der Waals surface area contributed by atoms with Crippen LogP contribution in [0.25, 0.3) is 0 Å². The Hall–Kier alpha value is -2.40. The Labute approximate surface area is 160 Å². The van der Waals surface area contributed by atoms with Gasteiger partial charge in [-0.1, -0.05) is 17.8 Å². The fourth-order valence-electron chi connectivity index (χ4n) is 2.13. The zero-order chi connectivity index (χ0) is 19.4. The summed E-state index contributed by atoms with van der Waals surface area (Å²) >= 11 is 2.75. The largest absolute Gasteiger partial charge is 0.416 e. The maximum absolute atomic E-state index is 12.6. The third kappa shape index (κ3) is 5.07. The van der Waals surface area contributed by atoms with Crippen LogP contribution in [0.4, 0.5) is 18.9 Å². The van der Waals surface area contributed by atoms with Gasteiger partial charge in [-0.3, -0.25) is 4.79 Å².